The number of rotatable bonds is 10. The molecule has 0 aromatic carbocycles. The molecule has 0 aliphatic carbocycles. The second-order valence-electron chi connectivity index (χ2n) is 5.79. The molecule has 0 aliphatic rings. The minimum atomic E-state index is -0.0162. The summed E-state index contributed by atoms with van der Waals surface area (Å²) in [5.74, 6) is 1.38. The van der Waals surface area contributed by atoms with Crippen LogP contribution in [0.5, 0.6) is 5.75 Å². The highest BCUT2D eigenvalue weighted by atomic mass is 32.1. The van der Waals surface area contributed by atoms with Crippen LogP contribution in [0.2, 0.25) is 0 Å². The van der Waals surface area contributed by atoms with Crippen molar-refractivity contribution >= 4 is 27.8 Å². The molecule has 0 unspecified atom stereocenters. The third kappa shape index (κ3) is 5.58. The largest absolute Gasteiger partial charge is 0.492 e. The van der Waals surface area contributed by atoms with E-state index in [0.717, 1.165) is 23.9 Å². The number of thiophene rings is 1. The van der Waals surface area contributed by atoms with E-state index in [4.69, 9.17) is 10.5 Å². The van der Waals surface area contributed by atoms with Gasteiger partial charge in [0.1, 0.15) is 5.00 Å². The van der Waals surface area contributed by atoms with E-state index in [1.807, 2.05) is 0 Å². The summed E-state index contributed by atoms with van der Waals surface area (Å²) in [6.07, 6.45) is 6.24. The predicted octanol–water partition coefficient (Wildman–Crippen LogP) is 4.56. The van der Waals surface area contributed by atoms with Gasteiger partial charge in [0.25, 0.3) is 0 Å². The van der Waals surface area contributed by atoms with E-state index in [2.05, 4.69) is 19.2 Å². The van der Waals surface area contributed by atoms with Crippen molar-refractivity contribution in [3.05, 3.63) is 4.88 Å². The van der Waals surface area contributed by atoms with E-state index in [0.29, 0.717) is 16.3 Å². The molecule has 0 fully saturated rings. The molecule has 5 heteroatoms. The topological polar surface area (TPSA) is 64.3 Å². The van der Waals surface area contributed by atoms with Gasteiger partial charge in [-0.15, -0.1) is 11.3 Å². The zero-order valence-electron chi connectivity index (χ0n) is 13.6. The predicted molar refractivity (Wildman–Crippen MR) is 91.7 cm³/mol. The molecule has 120 valence electrons. The lowest BCUT2D eigenvalue weighted by Crippen LogP contribution is -2.01. The van der Waals surface area contributed by atoms with Crippen LogP contribution >= 0.6 is 11.3 Å². The molecule has 0 saturated carbocycles. The van der Waals surface area contributed by atoms with E-state index in [9.17, 15) is 4.79 Å². The molecule has 4 nitrogen and oxygen atoms in total. The van der Waals surface area contributed by atoms with Gasteiger partial charge < -0.3 is 15.8 Å². The minimum Gasteiger partial charge on any atom is -0.492 e. The number of carbonyl (C=O) groups is 1. The van der Waals surface area contributed by atoms with Crippen LogP contribution in [0, 0.1) is 5.92 Å². The zero-order valence-corrected chi connectivity index (χ0v) is 14.4. The van der Waals surface area contributed by atoms with Gasteiger partial charge in [-0.2, -0.15) is 0 Å². The van der Waals surface area contributed by atoms with Crippen LogP contribution < -0.4 is 15.8 Å². The lowest BCUT2D eigenvalue weighted by molar-refractivity contribution is 0.102. The number of methoxy groups -OCH3 is 1. The van der Waals surface area contributed by atoms with E-state index < -0.39 is 0 Å². The summed E-state index contributed by atoms with van der Waals surface area (Å²) >= 11 is 1.38. The lowest BCUT2D eigenvalue weighted by atomic mass is 10.0. The maximum atomic E-state index is 11.5. The van der Waals surface area contributed by atoms with Gasteiger partial charge in [0, 0.05) is 13.5 Å². The van der Waals surface area contributed by atoms with Crippen LogP contribution in [0.15, 0.2) is 0 Å². The summed E-state index contributed by atoms with van der Waals surface area (Å²) in [4.78, 5) is 12.1. The van der Waals surface area contributed by atoms with E-state index in [1.165, 1.54) is 43.9 Å². The number of nitrogens with one attached hydrogen (secondary N) is 1. The maximum absolute atomic E-state index is 11.5. The number of carbonyl (C=O) groups excluding carboxylic acids is 1. The summed E-state index contributed by atoms with van der Waals surface area (Å²) in [5, 5.41) is 4.20. The van der Waals surface area contributed by atoms with Crippen LogP contribution in [-0.2, 0) is 0 Å². The molecular weight excluding hydrogens is 284 g/mol. The Morgan fingerprint density at radius 1 is 1.29 bits per heavy atom. The molecule has 21 heavy (non-hydrogen) atoms. The number of anilines is 2. The van der Waals surface area contributed by atoms with Crippen LogP contribution in [-0.4, -0.2) is 19.4 Å². The van der Waals surface area contributed by atoms with E-state index >= 15 is 0 Å². The highest BCUT2D eigenvalue weighted by Gasteiger charge is 2.18. The third-order valence-electron chi connectivity index (χ3n) is 3.42. The average molecular weight is 312 g/mol. The molecule has 1 heterocycles. The molecule has 0 radical (unpaired) electrons. The van der Waals surface area contributed by atoms with Gasteiger partial charge in [-0.3, -0.25) is 4.79 Å². The second kappa shape index (κ2) is 8.93. The van der Waals surface area contributed by atoms with Crippen molar-refractivity contribution in [1.29, 1.82) is 0 Å². The lowest BCUT2D eigenvalue weighted by Gasteiger charge is -2.07. The Morgan fingerprint density at radius 3 is 2.52 bits per heavy atom. The molecule has 0 bridgehead atoms. The maximum Gasteiger partial charge on any atom is 0.176 e. The Bertz CT molecular complexity index is 455. The van der Waals surface area contributed by atoms with Gasteiger partial charge in [-0.1, -0.05) is 39.5 Å². The first-order valence-electron chi connectivity index (χ1n) is 7.68. The molecule has 0 aliphatic heterocycles. The first kappa shape index (κ1) is 17.8. The summed E-state index contributed by atoms with van der Waals surface area (Å²) in [7, 11) is 1.58. The Kier molecular flexibility index (Phi) is 7.57. The number of Topliss-reactive ketones (excluding diaryl/α,β-unsaturated/α-hetero) is 1. The van der Waals surface area contributed by atoms with Crippen molar-refractivity contribution in [2.24, 2.45) is 5.92 Å². The van der Waals surface area contributed by atoms with Crippen molar-refractivity contribution in [1.82, 2.24) is 0 Å². The minimum absolute atomic E-state index is 0.0162. The first-order valence-corrected chi connectivity index (χ1v) is 8.50. The average Bonchev–Trinajstić information content (AvgIpc) is 2.73. The Labute approximate surface area is 132 Å². The first-order chi connectivity index (χ1) is 9.97. The highest BCUT2D eigenvalue weighted by molar-refractivity contribution is 7.19. The summed E-state index contributed by atoms with van der Waals surface area (Å²) in [6, 6.07) is 0. The van der Waals surface area contributed by atoms with Crippen LogP contribution in [0.3, 0.4) is 0 Å². The smallest absolute Gasteiger partial charge is 0.176 e. The molecule has 0 saturated heterocycles. The monoisotopic (exact) mass is 312 g/mol. The summed E-state index contributed by atoms with van der Waals surface area (Å²) in [5.41, 5.74) is 6.39. The Balaban J connectivity index is 2.38. The Morgan fingerprint density at radius 2 is 1.95 bits per heavy atom. The number of ether oxygens (including phenoxy) is 1. The fraction of sp³-hybridized carbons (Fsp3) is 0.688. The van der Waals surface area contributed by atoms with Crippen LogP contribution in [0.25, 0.3) is 0 Å². The summed E-state index contributed by atoms with van der Waals surface area (Å²) < 4.78 is 5.30. The van der Waals surface area contributed by atoms with Gasteiger partial charge in [0.05, 0.1) is 17.7 Å². The summed E-state index contributed by atoms with van der Waals surface area (Å²) in [6.45, 7) is 6.94. The van der Waals surface area contributed by atoms with Gasteiger partial charge in [-0.25, -0.2) is 0 Å². The second-order valence-corrected chi connectivity index (χ2v) is 6.81. The Hall–Kier alpha value is -1.23. The van der Waals surface area contributed by atoms with E-state index in [-0.39, 0.29) is 5.78 Å². The van der Waals surface area contributed by atoms with Gasteiger partial charge >= 0.3 is 0 Å². The van der Waals surface area contributed by atoms with Gasteiger partial charge in [0.2, 0.25) is 0 Å². The van der Waals surface area contributed by atoms with Gasteiger partial charge in [0.15, 0.2) is 11.5 Å². The van der Waals surface area contributed by atoms with Crippen molar-refractivity contribution in [3.63, 3.8) is 0 Å². The normalized spacial score (nSPS) is 10.9. The molecule has 1 rings (SSSR count). The molecule has 3 N–H and O–H groups in total. The van der Waals surface area contributed by atoms with Crippen molar-refractivity contribution in [2.45, 2.75) is 52.9 Å². The highest BCUT2D eigenvalue weighted by Crippen LogP contribution is 2.42. The SMILES string of the molecule is COc1c(NCCCCCCC(C)C)sc(C(C)=O)c1N. The third-order valence-corrected chi connectivity index (χ3v) is 4.66. The molecule has 0 amide bonds. The molecule has 1 aromatic rings. The molecule has 0 spiro atoms. The molecule has 0 atom stereocenters. The van der Waals surface area contributed by atoms with E-state index in [1.54, 1.807) is 7.11 Å². The number of nitrogens with two attached hydrogens (primary N) is 1. The number of nitrogen functional groups attached to an aromatic ring is 1. The molecule has 1 aromatic heterocycles. The molecular formula is C16H28N2O2S. The fourth-order valence-electron chi connectivity index (χ4n) is 2.24. The van der Waals surface area contributed by atoms with Crippen molar-refractivity contribution in [3.8, 4) is 5.75 Å². The number of hydrogen-bond donors (Lipinski definition) is 2. The van der Waals surface area contributed by atoms with Gasteiger partial charge in [-0.05, 0) is 12.3 Å². The number of unbranched alkanes of at least 4 members (excludes halogenated alkanes) is 3. The van der Waals surface area contributed by atoms with Crippen LogP contribution in [0.4, 0.5) is 10.7 Å². The van der Waals surface area contributed by atoms with Crippen LogP contribution in [0.1, 0.15) is 62.5 Å². The number of hydrogen-bond acceptors (Lipinski definition) is 5. The standard InChI is InChI=1S/C16H28N2O2S/c1-11(2)9-7-5-6-8-10-18-16-14(20-4)13(17)15(21-16)12(3)19/h11,18H,5-10,17H2,1-4H3. The van der Waals surface area contributed by atoms with Crippen molar-refractivity contribution in [2.75, 3.05) is 24.7 Å². The fourth-order valence-corrected chi connectivity index (χ4v) is 3.25. The quantitative estimate of drug-likeness (QED) is 0.491. The van der Waals surface area contributed by atoms with Crippen molar-refractivity contribution < 1.29 is 9.53 Å². The number of ketones is 1. The zero-order chi connectivity index (χ0) is 15.8.